The average molecular weight is 357 g/mol. The van der Waals surface area contributed by atoms with Gasteiger partial charge in [0, 0.05) is 35.8 Å². The van der Waals surface area contributed by atoms with Crippen LogP contribution in [0.2, 0.25) is 0 Å². The van der Waals surface area contributed by atoms with E-state index in [9.17, 15) is 15.0 Å². The first-order chi connectivity index (χ1) is 12.3. The third kappa shape index (κ3) is 1.33. The summed E-state index contributed by atoms with van der Waals surface area (Å²) in [7, 11) is 0. The van der Waals surface area contributed by atoms with E-state index in [-0.39, 0.29) is 40.0 Å². The lowest BCUT2D eigenvalue weighted by Gasteiger charge is -2.65. The number of hydrogen-bond donors (Lipinski definition) is 2. The molecule has 7 unspecified atom stereocenters. The van der Waals surface area contributed by atoms with Gasteiger partial charge >= 0.3 is 0 Å². The van der Waals surface area contributed by atoms with Crippen LogP contribution in [0.1, 0.15) is 46.0 Å². The van der Waals surface area contributed by atoms with Crippen molar-refractivity contribution in [2.24, 2.45) is 39.9 Å². The zero-order valence-electron chi connectivity index (χ0n) is 15.9. The highest BCUT2D eigenvalue weighted by Crippen LogP contribution is 2.83. The number of rotatable bonds is 1. The molecule has 142 valence electrons. The van der Waals surface area contributed by atoms with Crippen molar-refractivity contribution in [2.75, 3.05) is 13.1 Å². The molecule has 2 N–H and O–H groups in total. The van der Waals surface area contributed by atoms with E-state index in [1.807, 2.05) is 0 Å². The Bertz CT molecular complexity index is 735. The van der Waals surface area contributed by atoms with Crippen LogP contribution >= 0.6 is 0 Å². The fourth-order valence-corrected chi connectivity index (χ4v) is 9.75. The van der Waals surface area contributed by atoms with E-state index in [4.69, 9.17) is 0 Å². The molecule has 10 atom stereocenters. The normalized spacial score (nSPS) is 62.7. The summed E-state index contributed by atoms with van der Waals surface area (Å²) in [5.74, 6) is 1.16. The molecule has 0 radical (unpaired) electrons. The summed E-state index contributed by atoms with van der Waals surface area (Å²) in [5, 5.41) is 22.8. The summed E-state index contributed by atoms with van der Waals surface area (Å²) in [4.78, 5) is 15.6. The minimum absolute atomic E-state index is 0.130. The van der Waals surface area contributed by atoms with Crippen molar-refractivity contribution in [3.63, 3.8) is 0 Å². The highest BCUT2D eigenvalue weighted by Gasteiger charge is 2.85. The topological polar surface area (TPSA) is 60.8 Å². The van der Waals surface area contributed by atoms with Crippen molar-refractivity contribution in [3.8, 4) is 0 Å². The maximum atomic E-state index is 13.0. The molecule has 6 aliphatic rings. The van der Waals surface area contributed by atoms with Crippen molar-refractivity contribution in [2.45, 2.75) is 64.2 Å². The lowest BCUT2D eigenvalue weighted by atomic mass is 9.43. The van der Waals surface area contributed by atoms with Gasteiger partial charge in [0.25, 0.3) is 0 Å². The summed E-state index contributed by atoms with van der Waals surface area (Å²) in [6.45, 7) is 10.9. The fraction of sp³-hybridized carbons (Fsp3) is 0.864. The van der Waals surface area contributed by atoms with E-state index < -0.39 is 6.10 Å². The van der Waals surface area contributed by atoms with Crippen molar-refractivity contribution in [1.29, 1.82) is 0 Å². The van der Waals surface area contributed by atoms with Gasteiger partial charge in [-0.2, -0.15) is 0 Å². The van der Waals surface area contributed by atoms with E-state index >= 15 is 0 Å². The Morgan fingerprint density at radius 3 is 2.81 bits per heavy atom. The van der Waals surface area contributed by atoms with Gasteiger partial charge in [0.05, 0.1) is 12.2 Å². The van der Waals surface area contributed by atoms with Gasteiger partial charge in [0.1, 0.15) is 5.78 Å². The van der Waals surface area contributed by atoms with E-state index in [1.165, 1.54) is 0 Å². The van der Waals surface area contributed by atoms with Crippen molar-refractivity contribution >= 4 is 5.78 Å². The number of carbonyl (C=O) groups excluding carboxylic acids is 1. The van der Waals surface area contributed by atoms with Gasteiger partial charge in [0.2, 0.25) is 0 Å². The molecule has 0 aromatic heterocycles. The number of nitrogens with zero attached hydrogens (tertiary/aromatic N) is 1. The van der Waals surface area contributed by atoms with Crippen LogP contribution in [-0.2, 0) is 4.79 Å². The molecular weight excluding hydrogens is 326 g/mol. The molecule has 0 aromatic rings. The summed E-state index contributed by atoms with van der Waals surface area (Å²) in [6, 6.07) is 0.331. The number of carbonyl (C=O) groups is 1. The first-order valence-electron chi connectivity index (χ1n) is 10.6. The van der Waals surface area contributed by atoms with Crippen LogP contribution in [0.4, 0.5) is 0 Å². The number of aliphatic hydroxyl groups is 2. The van der Waals surface area contributed by atoms with Gasteiger partial charge in [-0.05, 0) is 61.0 Å². The quantitative estimate of drug-likeness (QED) is 0.705. The summed E-state index contributed by atoms with van der Waals surface area (Å²) in [5.41, 5.74) is 0.598. The molecule has 1 aliphatic heterocycles. The van der Waals surface area contributed by atoms with Crippen LogP contribution in [0, 0.1) is 39.9 Å². The zero-order valence-corrected chi connectivity index (χ0v) is 15.9. The monoisotopic (exact) mass is 357 g/mol. The second kappa shape index (κ2) is 4.47. The standard InChI is InChI=1S/C22H31NO3/c1-4-23-10-20(3)6-5-17(25)22-15(20)7-13(18(22)23)21-9-12(11(2)19(21)26)14(24)8-16(21)22/h12-13,15-19,25-26H,2,4-10H2,1,3H3/t12?,13?,15-,16?,17?,18?,19-,20+,21?,22?/m1/s1. The minimum Gasteiger partial charge on any atom is -0.392 e. The van der Waals surface area contributed by atoms with E-state index in [0.29, 0.717) is 24.3 Å². The molecule has 2 spiro atoms. The van der Waals surface area contributed by atoms with Crippen molar-refractivity contribution in [3.05, 3.63) is 12.2 Å². The summed E-state index contributed by atoms with van der Waals surface area (Å²) < 4.78 is 0. The first-order valence-corrected chi connectivity index (χ1v) is 10.6. The van der Waals surface area contributed by atoms with Gasteiger partial charge in [-0.15, -0.1) is 0 Å². The third-order valence-electron chi connectivity index (χ3n) is 10.4. The number of ketones is 1. The summed E-state index contributed by atoms with van der Waals surface area (Å²) >= 11 is 0. The molecule has 26 heavy (non-hydrogen) atoms. The van der Waals surface area contributed by atoms with Gasteiger partial charge in [-0.25, -0.2) is 0 Å². The lowest BCUT2D eigenvalue weighted by molar-refractivity contribution is -0.211. The van der Waals surface area contributed by atoms with E-state index in [1.54, 1.807) is 0 Å². The molecule has 1 saturated heterocycles. The number of piperidine rings is 1. The first kappa shape index (κ1) is 16.3. The van der Waals surface area contributed by atoms with Crippen LogP contribution in [0.15, 0.2) is 12.2 Å². The molecule has 5 aliphatic carbocycles. The van der Waals surface area contributed by atoms with E-state index in [2.05, 4.69) is 25.3 Å². The number of aliphatic hydroxyl groups excluding tert-OH is 2. The lowest BCUT2D eigenvalue weighted by Crippen LogP contribution is -2.68. The fourth-order valence-electron chi connectivity index (χ4n) is 9.75. The average Bonchev–Trinajstić information content (AvgIpc) is 3.14. The second-order valence-corrected chi connectivity index (χ2v) is 10.7. The molecule has 0 aromatic carbocycles. The Labute approximate surface area is 155 Å². The largest absolute Gasteiger partial charge is 0.392 e. The molecule has 6 rings (SSSR count). The van der Waals surface area contributed by atoms with Gasteiger partial charge in [-0.1, -0.05) is 20.4 Å². The molecule has 6 fully saturated rings. The second-order valence-electron chi connectivity index (χ2n) is 10.7. The summed E-state index contributed by atoms with van der Waals surface area (Å²) in [6.07, 6.45) is 3.50. The third-order valence-corrected chi connectivity index (χ3v) is 10.4. The molecule has 4 nitrogen and oxygen atoms in total. The number of likely N-dealkylation sites (tertiary alicyclic amines) is 1. The van der Waals surface area contributed by atoms with Gasteiger partial charge < -0.3 is 10.2 Å². The van der Waals surface area contributed by atoms with Crippen LogP contribution in [0.3, 0.4) is 0 Å². The zero-order chi connectivity index (χ0) is 18.2. The minimum atomic E-state index is -0.561. The Balaban J connectivity index is 1.62. The number of Topliss-reactive ketones (excluding diaryl/α,β-unsaturated/α-hetero) is 1. The van der Waals surface area contributed by atoms with Crippen molar-refractivity contribution < 1.29 is 15.0 Å². The van der Waals surface area contributed by atoms with Crippen LogP contribution < -0.4 is 0 Å². The van der Waals surface area contributed by atoms with E-state index in [0.717, 1.165) is 44.3 Å². The number of fused-ring (bicyclic) bond motifs is 1. The molecule has 7 bridgehead atoms. The smallest absolute Gasteiger partial charge is 0.140 e. The highest BCUT2D eigenvalue weighted by molar-refractivity contribution is 5.87. The molecule has 5 saturated carbocycles. The molecule has 0 amide bonds. The predicted octanol–water partition coefficient (Wildman–Crippen LogP) is 2.00. The Hall–Kier alpha value is -0.710. The number of hydrogen-bond acceptors (Lipinski definition) is 4. The Morgan fingerprint density at radius 2 is 2.08 bits per heavy atom. The van der Waals surface area contributed by atoms with Crippen LogP contribution in [0.5, 0.6) is 0 Å². The Kier molecular flexibility index (Phi) is 2.80. The molecule has 4 heteroatoms. The van der Waals surface area contributed by atoms with Crippen LogP contribution in [0.25, 0.3) is 0 Å². The van der Waals surface area contributed by atoms with Gasteiger partial charge in [-0.3, -0.25) is 9.69 Å². The SMILES string of the molecule is C=C1C2CC3(C4C[C@H]5C6(C(O)CC[C@@]5(C)CN(CC)C46)C3CC2=O)[C@@H]1O. The molecular formula is C22H31NO3. The van der Waals surface area contributed by atoms with Gasteiger partial charge in [0.15, 0.2) is 0 Å². The van der Waals surface area contributed by atoms with Crippen LogP contribution in [-0.4, -0.2) is 52.2 Å². The highest BCUT2D eigenvalue weighted by atomic mass is 16.3. The maximum Gasteiger partial charge on any atom is 0.140 e. The maximum absolute atomic E-state index is 13.0. The molecule has 1 heterocycles. The predicted molar refractivity (Wildman–Crippen MR) is 97.2 cm³/mol. The Morgan fingerprint density at radius 1 is 1.31 bits per heavy atom. The van der Waals surface area contributed by atoms with Crippen molar-refractivity contribution in [1.82, 2.24) is 4.90 Å².